The third kappa shape index (κ3) is 5.42. The van der Waals surface area contributed by atoms with Crippen LogP contribution >= 0.6 is 23.5 Å². The predicted molar refractivity (Wildman–Crippen MR) is 121 cm³/mol. The fraction of sp³-hybridized carbons (Fsp3) is 0.0833. The molecule has 0 aliphatic carbocycles. The van der Waals surface area contributed by atoms with E-state index in [0.29, 0.717) is 0 Å². The molecule has 3 aromatic rings. The lowest BCUT2D eigenvalue weighted by Crippen LogP contribution is -1.77. The zero-order chi connectivity index (χ0) is 18.2. The standard InChI is InChI=1S/C24H22S2/c1-25-23-15-11-21(12-16-23)9-7-19-3-5-20(6-4-19)8-10-22-13-17-24(26-2)18-14-22/h3-18H,1-2H3. The van der Waals surface area contributed by atoms with Crippen molar-refractivity contribution in [1.82, 2.24) is 0 Å². The Hall–Kier alpha value is -2.16. The minimum absolute atomic E-state index is 1.21. The molecule has 0 aromatic heterocycles. The molecule has 0 bridgehead atoms. The van der Waals surface area contributed by atoms with Gasteiger partial charge in [0.15, 0.2) is 0 Å². The summed E-state index contributed by atoms with van der Waals surface area (Å²) in [6.07, 6.45) is 12.8. The van der Waals surface area contributed by atoms with Gasteiger partial charge in [0, 0.05) is 9.79 Å². The van der Waals surface area contributed by atoms with Crippen molar-refractivity contribution in [1.29, 1.82) is 0 Å². The summed E-state index contributed by atoms with van der Waals surface area (Å²) in [6, 6.07) is 25.9. The van der Waals surface area contributed by atoms with Crippen LogP contribution in [0, 0.1) is 0 Å². The van der Waals surface area contributed by atoms with Crippen molar-refractivity contribution in [2.45, 2.75) is 9.79 Å². The number of benzene rings is 3. The number of rotatable bonds is 6. The molecule has 0 atom stereocenters. The van der Waals surface area contributed by atoms with E-state index in [2.05, 4.69) is 110 Å². The van der Waals surface area contributed by atoms with Gasteiger partial charge in [0.05, 0.1) is 0 Å². The molecule has 0 N–H and O–H groups in total. The SMILES string of the molecule is CSc1ccc(C=Cc2ccc(C=Cc3ccc(SC)cc3)cc2)cc1. The second kappa shape index (κ2) is 9.51. The zero-order valence-electron chi connectivity index (χ0n) is 15.1. The Morgan fingerprint density at radius 2 is 0.654 bits per heavy atom. The number of hydrogen-bond donors (Lipinski definition) is 0. The highest BCUT2D eigenvalue weighted by Crippen LogP contribution is 2.18. The lowest BCUT2D eigenvalue weighted by Gasteiger charge is -1.99. The molecule has 2 heteroatoms. The smallest absolute Gasteiger partial charge is 0.00695 e. The molecule has 0 saturated carbocycles. The summed E-state index contributed by atoms with van der Waals surface area (Å²) >= 11 is 3.53. The lowest BCUT2D eigenvalue weighted by molar-refractivity contribution is 1.45. The third-order valence-electron chi connectivity index (χ3n) is 4.10. The Labute approximate surface area is 165 Å². The van der Waals surface area contributed by atoms with E-state index in [0.717, 1.165) is 0 Å². The molecule has 0 saturated heterocycles. The van der Waals surface area contributed by atoms with Gasteiger partial charge in [-0.15, -0.1) is 23.5 Å². The van der Waals surface area contributed by atoms with Gasteiger partial charge in [-0.3, -0.25) is 0 Å². The van der Waals surface area contributed by atoms with Gasteiger partial charge < -0.3 is 0 Å². The normalized spacial score (nSPS) is 11.5. The van der Waals surface area contributed by atoms with Crippen LogP contribution < -0.4 is 0 Å². The second-order valence-electron chi connectivity index (χ2n) is 5.88. The molecule has 0 fully saturated rings. The lowest BCUT2D eigenvalue weighted by atomic mass is 10.1. The van der Waals surface area contributed by atoms with Gasteiger partial charge in [0.2, 0.25) is 0 Å². The average Bonchev–Trinajstić information content (AvgIpc) is 2.72. The van der Waals surface area contributed by atoms with Crippen molar-refractivity contribution in [3.05, 3.63) is 95.1 Å². The van der Waals surface area contributed by atoms with Gasteiger partial charge in [-0.25, -0.2) is 0 Å². The maximum absolute atomic E-state index is 2.16. The topological polar surface area (TPSA) is 0 Å². The van der Waals surface area contributed by atoms with Gasteiger partial charge in [-0.2, -0.15) is 0 Å². The molecule has 0 heterocycles. The first-order chi connectivity index (χ1) is 12.8. The summed E-state index contributed by atoms with van der Waals surface area (Å²) in [6.45, 7) is 0. The highest BCUT2D eigenvalue weighted by Gasteiger charge is 1.93. The van der Waals surface area contributed by atoms with E-state index in [1.807, 2.05) is 0 Å². The molecule has 0 nitrogen and oxygen atoms in total. The van der Waals surface area contributed by atoms with Crippen LogP contribution in [0.2, 0.25) is 0 Å². The van der Waals surface area contributed by atoms with Gasteiger partial charge in [-0.1, -0.05) is 72.8 Å². The third-order valence-corrected chi connectivity index (χ3v) is 5.59. The van der Waals surface area contributed by atoms with Crippen molar-refractivity contribution in [3.63, 3.8) is 0 Å². The van der Waals surface area contributed by atoms with Crippen LogP contribution in [0.1, 0.15) is 22.3 Å². The van der Waals surface area contributed by atoms with Crippen molar-refractivity contribution >= 4 is 47.8 Å². The number of thioether (sulfide) groups is 2. The first kappa shape index (κ1) is 18.6. The maximum Gasteiger partial charge on any atom is 0.00695 e. The number of hydrogen-bond acceptors (Lipinski definition) is 2. The fourth-order valence-corrected chi connectivity index (χ4v) is 3.35. The molecule has 0 aliphatic heterocycles. The summed E-state index contributed by atoms with van der Waals surface area (Å²) in [4.78, 5) is 2.59. The first-order valence-electron chi connectivity index (χ1n) is 8.51. The van der Waals surface area contributed by atoms with E-state index >= 15 is 0 Å². The summed E-state index contributed by atoms with van der Waals surface area (Å²) < 4.78 is 0. The van der Waals surface area contributed by atoms with Crippen LogP contribution in [-0.2, 0) is 0 Å². The average molecular weight is 375 g/mol. The van der Waals surface area contributed by atoms with E-state index in [1.165, 1.54) is 32.0 Å². The highest BCUT2D eigenvalue weighted by molar-refractivity contribution is 7.98. The van der Waals surface area contributed by atoms with Crippen molar-refractivity contribution in [3.8, 4) is 0 Å². The van der Waals surface area contributed by atoms with E-state index in [9.17, 15) is 0 Å². The predicted octanol–water partition coefficient (Wildman–Crippen LogP) is 7.47. The van der Waals surface area contributed by atoms with E-state index < -0.39 is 0 Å². The molecule has 0 radical (unpaired) electrons. The Bertz CT molecular complexity index is 795. The Balaban J connectivity index is 1.63. The van der Waals surface area contributed by atoms with Gasteiger partial charge >= 0.3 is 0 Å². The van der Waals surface area contributed by atoms with Crippen molar-refractivity contribution in [2.75, 3.05) is 12.5 Å². The van der Waals surface area contributed by atoms with Crippen LogP contribution in [0.4, 0.5) is 0 Å². The van der Waals surface area contributed by atoms with Gasteiger partial charge in [0.25, 0.3) is 0 Å². The Morgan fingerprint density at radius 3 is 0.885 bits per heavy atom. The Kier molecular flexibility index (Phi) is 6.82. The van der Waals surface area contributed by atoms with Crippen molar-refractivity contribution in [2.24, 2.45) is 0 Å². The molecular weight excluding hydrogens is 352 g/mol. The van der Waals surface area contributed by atoms with Crippen LogP contribution in [-0.4, -0.2) is 12.5 Å². The van der Waals surface area contributed by atoms with Crippen molar-refractivity contribution < 1.29 is 0 Å². The minimum Gasteiger partial charge on any atom is -0.130 e. The molecule has 3 rings (SSSR count). The van der Waals surface area contributed by atoms with Gasteiger partial charge in [-0.05, 0) is 59.0 Å². The zero-order valence-corrected chi connectivity index (χ0v) is 16.7. The second-order valence-corrected chi connectivity index (χ2v) is 7.64. The van der Waals surface area contributed by atoms with Gasteiger partial charge in [0.1, 0.15) is 0 Å². The minimum atomic E-state index is 1.21. The highest BCUT2D eigenvalue weighted by atomic mass is 32.2. The van der Waals surface area contributed by atoms with E-state index in [-0.39, 0.29) is 0 Å². The molecule has 130 valence electrons. The molecule has 0 unspecified atom stereocenters. The summed E-state index contributed by atoms with van der Waals surface area (Å²) in [5.41, 5.74) is 4.86. The molecule has 0 aliphatic rings. The first-order valence-corrected chi connectivity index (χ1v) is 11.0. The molecular formula is C24H22S2. The monoisotopic (exact) mass is 374 g/mol. The van der Waals surface area contributed by atoms with Crippen LogP contribution in [0.5, 0.6) is 0 Å². The quantitative estimate of drug-likeness (QED) is 0.324. The van der Waals surface area contributed by atoms with E-state index in [1.54, 1.807) is 23.5 Å². The summed E-state index contributed by atoms with van der Waals surface area (Å²) in [5, 5.41) is 0. The van der Waals surface area contributed by atoms with Crippen LogP contribution in [0.25, 0.3) is 24.3 Å². The molecule has 26 heavy (non-hydrogen) atoms. The van der Waals surface area contributed by atoms with E-state index in [4.69, 9.17) is 0 Å². The fourth-order valence-electron chi connectivity index (χ4n) is 2.53. The Morgan fingerprint density at radius 1 is 0.423 bits per heavy atom. The largest absolute Gasteiger partial charge is 0.130 e. The molecule has 3 aromatic carbocycles. The molecule has 0 amide bonds. The van der Waals surface area contributed by atoms with Crippen LogP contribution in [0.3, 0.4) is 0 Å². The summed E-state index contributed by atoms with van der Waals surface area (Å²) in [7, 11) is 0. The summed E-state index contributed by atoms with van der Waals surface area (Å²) in [5.74, 6) is 0. The molecule has 0 spiro atoms. The van der Waals surface area contributed by atoms with Crippen LogP contribution in [0.15, 0.2) is 82.6 Å². The maximum atomic E-state index is 2.16.